The van der Waals surface area contributed by atoms with Gasteiger partial charge in [-0.2, -0.15) is 0 Å². The predicted molar refractivity (Wildman–Crippen MR) is 74.6 cm³/mol. The Hall–Kier alpha value is -1.46. The Balaban J connectivity index is 1.80. The number of urea groups is 1. The van der Waals surface area contributed by atoms with Crippen molar-refractivity contribution >= 4 is 40.8 Å². The molecule has 7 heteroatoms. The molecule has 1 aliphatic carbocycles. The molecule has 0 saturated heterocycles. The van der Waals surface area contributed by atoms with E-state index >= 15 is 0 Å². The molecule has 1 fully saturated rings. The molecule has 0 spiro atoms. The number of nitrogens with one attached hydrogen (secondary N) is 3. The third-order valence-electron chi connectivity index (χ3n) is 2.55. The predicted octanol–water partition coefficient (Wildman–Crippen LogP) is 2.39. The zero-order valence-corrected chi connectivity index (χ0v) is 11.5. The number of benzene rings is 1. The van der Waals surface area contributed by atoms with Crippen LogP contribution in [0.5, 0.6) is 0 Å². The normalized spacial score (nSPS) is 13.8. The minimum Gasteiger partial charge on any atom is -0.352 e. The molecule has 0 atom stereocenters. The number of hydrogen-bond donors (Lipinski definition) is 3. The molecule has 3 amide bonds. The van der Waals surface area contributed by atoms with E-state index in [-0.39, 0.29) is 23.5 Å². The molecule has 1 aromatic rings. The zero-order chi connectivity index (χ0) is 13.8. The van der Waals surface area contributed by atoms with E-state index in [1.54, 1.807) is 18.2 Å². The summed E-state index contributed by atoms with van der Waals surface area (Å²) in [4.78, 5) is 22.9. The molecule has 1 aliphatic rings. The lowest BCUT2D eigenvalue weighted by atomic mass is 10.3. The first-order chi connectivity index (χ1) is 9.06. The largest absolute Gasteiger partial charge is 0.352 e. The molecule has 0 heterocycles. The molecule has 102 valence electrons. The number of halogens is 2. The van der Waals surface area contributed by atoms with Gasteiger partial charge in [-0.15, -0.1) is 0 Å². The van der Waals surface area contributed by atoms with Gasteiger partial charge in [0, 0.05) is 6.04 Å². The highest BCUT2D eigenvalue weighted by Crippen LogP contribution is 2.29. The Morgan fingerprint density at radius 3 is 2.68 bits per heavy atom. The van der Waals surface area contributed by atoms with E-state index in [1.807, 2.05) is 0 Å². The van der Waals surface area contributed by atoms with Gasteiger partial charge in [0.15, 0.2) is 0 Å². The number of rotatable bonds is 4. The van der Waals surface area contributed by atoms with Gasteiger partial charge in [0.1, 0.15) is 0 Å². The Labute approximate surface area is 120 Å². The van der Waals surface area contributed by atoms with Crippen molar-refractivity contribution in [2.24, 2.45) is 0 Å². The molecule has 0 unspecified atom stereocenters. The summed E-state index contributed by atoms with van der Waals surface area (Å²) < 4.78 is 0. The fourth-order valence-electron chi connectivity index (χ4n) is 1.43. The first-order valence-corrected chi connectivity index (χ1v) is 6.60. The molecule has 19 heavy (non-hydrogen) atoms. The quantitative estimate of drug-likeness (QED) is 0.799. The molecule has 0 bridgehead atoms. The number of carbonyl (C=O) groups excluding carboxylic acids is 2. The summed E-state index contributed by atoms with van der Waals surface area (Å²) in [5.41, 5.74) is 0.397. The number of amides is 3. The van der Waals surface area contributed by atoms with Gasteiger partial charge in [-0.25, -0.2) is 4.79 Å². The highest BCUT2D eigenvalue weighted by atomic mass is 35.5. The molecular formula is C12H13Cl2N3O2. The maximum Gasteiger partial charge on any atom is 0.319 e. The smallest absolute Gasteiger partial charge is 0.319 e. The van der Waals surface area contributed by atoms with Crippen LogP contribution in [0.1, 0.15) is 12.8 Å². The standard InChI is InChI=1S/C12H13Cl2N3O2/c13-8-2-1-3-9(11(8)14)17-12(19)15-6-10(18)16-7-4-5-7/h1-3,7H,4-6H2,(H,16,18)(H2,15,17,19). The first kappa shape index (κ1) is 14.0. The van der Waals surface area contributed by atoms with Crippen molar-refractivity contribution in [3.63, 3.8) is 0 Å². The Morgan fingerprint density at radius 1 is 1.26 bits per heavy atom. The topological polar surface area (TPSA) is 70.2 Å². The van der Waals surface area contributed by atoms with E-state index < -0.39 is 6.03 Å². The second-order valence-electron chi connectivity index (χ2n) is 4.25. The Morgan fingerprint density at radius 2 is 2.00 bits per heavy atom. The van der Waals surface area contributed by atoms with Gasteiger partial charge in [0.25, 0.3) is 0 Å². The average molecular weight is 302 g/mol. The van der Waals surface area contributed by atoms with Crippen molar-refractivity contribution in [1.82, 2.24) is 10.6 Å². The maximum atomic E-state index is 11.6. The monoisotopic (exact) mass is 301 g/mol. The van der Waals surface area contributed by atoms with Crippen molar-refractivity contribution in [2.45, 2.75) is 18.9 Å². The van der Waals surface area contributed by atoms with Crippen LogP contribution in [0.2, 0.25) is 10.0 Å². The van der Waals surface area contributed by atoms with E-state index in [1.165, 1.54) is 0 Å². The van der Waals surface area contributed by atoms with Crippen LogP contribution < -0.4 is 16.0 Å². The van der Waals surface area contributed by atoms with Crippen molar-refractivity contribution < 1.29 is 9.59 Å². The van der Waals surface area contributed by atoms with Gasteiger partial charge < -0.3 is 16.0 Å². The molecular weight excluding hydrogens is 289 g/mol. The summed E-state index contributed by atoms with van der Waals surface area (Å²) in [6, 6.07) is 4.69. The van der Waals surface area contributed by atoms with E-state index in [0.717, 1.165) is 12.8 Å². The van der Waals surface area contributed by atoms with Crippen molar-refractivity contribution in [1.29, 1.82) is 0 Å². The minimum atomic E-state index is -0.505. The van der Waals surface area contributed by atoms with Gasteiger partial charge in [-0.1, -0.05) is 29.3 Å². The van der Waals surface area contributed by atoms with E-state index in [0.29, 0.717) is 10.7 Å². The van der Waals surface area contributed by atoms with Gasteiger partial charge in [0.05, 0.1) is 22.3 Å². The van der Waals surface area contributed by atoms with Crippen LogP contribution in [0.3, 0.4) is 0 Å². The van der Waals surface area contributed by atoms with Gasteiger partial charge >= 0.3 is 6.03 Å². The first-order valence-electron chi connectivity index (χ1n) is 5.84. The van der Waals surface area contributed by atoms with Crippen molar-refractivity contribution in [2.75, 3.05) is 11.9 Å². The number of anilines is 1. The summed E-state index contributed by atoms with van der Waals surface area (Å²) in [6.45, 7) is -0.0689. The lowest BCUT2D eigenvalue weighted by Crippen LogP contribution is -2.39. The van der Waals surface area contributed by atoms with E-state index in [9.17, 15) is 9.59 Å². The summed E-state index contributed by atoms with van der Waals surface area (Å²) in [5.74, 6) is -0.199. The van der Waals surface area contributed by atoms with Crippen LogP contribution in [0.4, 0.5) is 10.5 Å². The fraction of sp³-hybridized carbons (Fsp3) is 0.333. The second-order valence-corrected chi connectivity index (χ2v) is 5.04. The average Bonchev–Trinajstić information content (AvgIpc) is 3.16. The Bertz CT molecular complexity index is 504. The third kappa shape index (κ3) is 4.29. The summed E-state index contributed by atoms with van der Waals surface area (Å²) >= 11 is 11.7. The van der Waals surface area contributed by atoms with Crippen LogP contribution in [-0.2, 0) is 4.79 Å². The Kier molecular flexibility index (Phi) is 4.50. The number of carbonyl (C=O) groups is 2. The van der Waals surface area contributed by atoms with Crippen molar-refractivity contribution in [3.05, 3.63) is 28.2 Å². The SMILES string of the molecule is O=C(CNC(=O)Nc1cccc(Cl)c1Cl)NC1CC1. The fourth-order valence-corrected chi connectivity index (χ4v) is 1.78. The minimum absolute atomic E-state index is 0.0689. The maximum absolute atomic E-state index is 11.6. The third-order valence-corrected chi connectivity index (χ3v) is 3.37. The molecule has 1 aromatic carbocycles. The summed E-state index contributed by atoms with van der Waals surface area (Å²) in [7, 11) is 0. The zero-order valence-electron chi connectivity index (χ0n) is 10.0. The molecule has 3 N–H and O–H groups in total. The number of hydrogen-bond acceptors (Lipinski definition) is 2. The van der Waals surface area contributed by atoms with Gasteiger partial charge in [-0.05, 0) is 25.0 Å². The highest BCUT2D eigenvalue weighted by molar-refractivity contribution is 6.43. The van der Waals surface area contributed by atoms with Gasteiger partial charge in [0.2, 0.25) is 5.91 Å². The molecule has 0 radical (unpaired) electrons. The molecule has 1 saturated carbocycles. The molecule has 5 nitrogen and oxygen atoms in total. The van der Waals surface area contributed by atoms with Crippen LogP contribution in [0, 0.1) is 0 Å². The van der Waals surface area contributed by atoms with E-state index in [2.05, 4.69) is 16.0 Å². The van der Waals surface area contributed by atoms with Gasteiger partial charge in [-0.3, -0.25) is 4.79 Å². The molecule has 0 aromatic heterocycles. The second kappa shape index (κ2) is 6.12. The van der Waals surface area contributed by atoms with Crippen LogP contribution >= 0.6 is 23.2 Å². The van der Waals surface area contributed by atoms with Crippen LogP contribution in [0.25, 0.3) is 0 Å². The molecule has 2 rings (SSSR count). The lowest BCUT2D eigenvalue weighted by Gasteiger charge is -2.09. The highest BCUT2D eigenvalue weighted by Gasteiger charge is 2.23. The lowest BCUT2D eigenvalue weighted by molar-refractivity contribution is -0.120. The molecule has 0 aliphatic heterocycles. The van der Waals surface area contributed by atoms with E-state index in [4.69, 9.17) is 23.2 Å². The van der Waals surface area contributed by atoms with Crippen LogP contribution in [-0.4, -0.2) is 24.5 Å². The summed E-state index contributed by atoms with van der Waals surface area (Å²) in [6.07, 6.45) is 2.02. The summed E-state index contributed by atoms with van der Waals surface area (Å²) in [5, 5.41) is 8.36. The van der Waals surface area contributed by atoms with Crippen molar-refractivity contribution in [3.8, 4) is 0 Å². The van der Waals surface area contributed by atoms with Crippen LogP contribution in [0.15, 0.2) is 18.2 Å².